The molecule has 2 heterocycles. The highest BCUT2D eigenvalue weighted by Crippen LogP contribution is 2.38. The van der Waals surface area contributed by atoms with Crippen molar-refractivity contribution in [2.75, 3.05) is 5.32 Å². The molecular weight excluding hydrogens is 483 g/mol. The van der Waals surface area contributed by atoms with Crippen molar-refractivity contribution in [3.05, 3.63) is 80.1 Å². The fraction of sp³-hybridized carbons (Fsp3) is 0.346. The molecule has 3 aromatic rings. The summed E-state index contributed by atoms with van der Waals surface area (Å²) >= 11 is 0. The first kappa shape index (κ1) is 26.5. The SMILES string of the molecule is Cc1c(NC(=O)c2cn(C)c(=O)n(C)c2=O)cccc1-c1c(F)ccc(B2OC(C)(C)C(C)(C)O2)c1F. The molecule has 1 aliphatic heterocycles. The maximum atomic E-state index is 15.8. The van der Waals surface area contributed by atoms with E-state index in [2.05, 4.69) is 5.32 Å². The number of hydrogen-bond donors (Lipinski definition) is 1. The van der Waals surface area contributed by atoms with Crippen LogP contribution in [0.2, 0.25) is 0 Å². The van der Waals surface area contributed by atoms with Crippen molar-refractivity contribution in [2.45, 2.75) is 45.8 Å². The zero-order chi connectivity index (χ0) is 27.4. The van der Waals surface area contributed by atoms with Gasteiger partial charge in [0.15, 0.2) is 0 Å². The van der Waals surface area contributed by atoms with E-state index in [1.54, 1.807) is 13.0 Å². The molecule has 11 heteroatoms. The van der Waals surface area contributed by atoms with Crippen molar-refractivity contribution in [3.8, 4) is 11.1 Å². The molecular formula is C26H28BF2N3O5. The molecule has 0 spiro atoms. The predicted molar refractivity (Wildman–Crippen MR) is 137 cm³/mol. The minimum absolute atomic E-state index is 0.0533. The molecule has 1 amide bonds. The molecule has 0 bridgehead atoms. The van der Waals surface area contributed by atoms with Crippen LogP contribution in [-0.4, -0.2) is 33.4 Å². The molecule has 0 aliphatic carbocycles. The van der Waals surface area contributed by atoms with Crippen LogP contribution in [0.4, 0.5) is 14.5 Å². The van der Waals surface area contributed by atoms with Crippen molar-refractivity contribution in [1.82, 2.24) is 9.13 Å². The fourth-order valence-electron chi connectivity index (χ4n) is 4.16. The van der Waals surface area contributed by atoms with Crippen LogP contribution in [0.3, 0.4) is 0 Å². The number of carbonyl (C=O) groups is 1. The summed E-state index contributed by atoms with van der Waals surface area (Å²) in [5.41, 5.74) is -2.42. The minimum atomic E-state index is -1.03. The number of carbonyl (C=O) groups excluding carboxylic acids is 1. The Kier molecular flexibility index (Phi) is 6.50. The van der Waals surface area contributed by atoms with Gasteiger partial charge in [0.25, 0.3) is 11.5 Å². The van der Waals surface area contributed by atoms with Gasteiger partial charge in [-0.15, -0.1) is 0 Å². The Balaban J connectivity index is 1.74. The largest absolute Gasteiger partial charge is 0.497 e. The van der Waals surface area contributed by atoms with E-state index in [1.165, 1.54) is 32.3 Å². The Hall–Kier alpha value is -3.57. The van der Waals surface area contributed by atoms with E-state index in [9.17, 15) is 14.4 Å². The fourth-order valence-corrected chi connectivity index (χ4v) is 4.16. The van der Waals surface area contributed by atoms with Gasteiger partial charge in [-0.3, -0.25) is 14.2 Å². The molecule has 194 valence electrons. The van der Waals surface area contributed by atoms with Crippen molar-refractivity contribution >= 4 is 24.2 Å². The molecule has 0 unspecified atom stereocenters. The lowest BCUT2D eigenvalue weighted by Crippen LogP contribution is -2.41. The summed E-state index contributed by atoms with van der Waals surface area (Å²) < 4.78 is 44.7. The molecule has 1 aromatic heterocycles. The van der Waals surface area contributed by atoms with Crippen molar-refractivity contribution in [2.24, 2.45) is 14.1 Å². The first-order valence-corrected chi connectivity index (χ1v) is 11.7. The van der Waals surface area contributed by atoms with Crippen molar-refractivity contribution < 1.29 is 22.9 Å². The van der Waals surface area contributed by atoms with Gasteiger partial charge in [0, 0.05) is 31.4 Å². The van der Waals surface area contributed by atoms with E-state index in [1.807, 2.05) is 27.7 Å². The van der Waals surface area contributed by atoms with E-state index < -0.39 is 47.1 Å². The monoisotopic (exact) mass is 511 g/mol. The van der Waals surface area contributed by atoms with E-state index in [-0.39, 0.29) is 27.8 Å². The van der Waals surface area contributed by atoms with Crippen LogP contribution in [0, 0.1) is 18.6 Å². The topological polar surface area (TPSA) is 91.6 Å². The average molecular weight is 511 g/mol. The molecule has 0 saturated carbocycles. The van der Waals surface area contributed by atoms with Crippen LogP contribution in [0.25, 0.3) is 11.1 Å². The van der Waals surface area contributed by atoms with Crippen molar-refractivity contribution in [3.63, 3.8) is 0 Å². The van der Waals surface area contributed by atoms with Crippen LogP contribution in [0.1, 0.15) is 43.6 Å². The maximum absolute atomic E-state index is 15.8. The third-order valence-electron chi connectivity index (χ3n) is 7.17. The molecule has 1 N–H and O–H groups in total. The summed E-state index contributed by atoms with van der Waals surface area (Å²) in [7, 11) is 1.66. The van der Waals surface area contributed by atoms with E-state index in [0.717, 1.165) is 21.4 Å². The Morgan fingerprint density at radius 3 is 2.24 bits per heavy atom. The van der Waals surface area contributed by atoms with Gasteiger partial charge in [-0.2, -0.15) is 0 Å². The number of hydrogen-bond acceptors (Lipinski definition) is 5. The number of aromatic nitrogens is 2. The summed E-state index contributed by atoms with van der Waals surface area (Å²) in [6, 6.07) is 7.07. The van der Waals surface area contributed by atoms with Crippen LogP contribution in [-0.2, 0) is 23.4 Å². The van der Waals surface area contributed by atoms with Crippen molar-refractivity contribution in [1.29, 1.82) is 0 Å². The first-order chi connectivity index (χ1) is 17.2. The summed E-state index contributed by atoms with van der Waals surface area (Å²) in [4.78, 5) is 37.3. The van der Waals surface area contributed by atoms with Gasteiger partial charge in [-0.1, -0.05) is 18.2 Å². The Labute approximate surface area is 213 Å². The Morgan fingerprint density at radius 2 is 1.62 bits per heavy atom. The second-order valence-electron chi connectivity index (χ2n) is 10.1. The highest BCUT2D eigenvalue weighted by atomic mass is 19.1. The highest BCUT2D eigenvalue weighted by molar-refractivity contribution is 6.62. The lowest BCUT2D eigenvalue weighted by molar-refractivity contribution is 0.00578. The van der Waals surface area contributed by atoms with Gasteiger partial charge in [0.2, 0.25) is 0 Å². The summed E-state index contributed by atoms with van der Waals surface area (Å²) in [6.45, 7) is 8.95. The highest BCUT2D eigenvalue weighted by Gasteiger charge is 2.52. The summed E-state index contributed by atoms with van der Waals surface area (Å²) in [5.74, 6) is -2.39. The molecule has 1 aliphatic rings. The molecule has 2 aromatic carbocycles. The number of halogens is 2. The van der Waals surface area contributed by atoms with Crippen LogP contribution in [0.15, 0.2) is 46.1 Å². The van der Waals surface area contributed by atoms with E-state index >= 15 is 8.78 Å². The standard InChI is InChI=1S/C26H28BF2N3O5/c1-14-15(9-8-10-19(14)30-22(33)16-13-31(6)24(35)32(7)23(16)34)20-18(28)12-11-17(21(20)29)27-36-25(2,3)26(4,5)37-27/h8-13H,1-7H3,(H,30,33). The normalized spacial score (nSPS) is 16.2. The second-order valence-corrected chi connectivity index (χ2v) is 10.1. The van der Waals surface area contributed by atoms with Crippen LogP contribution >= 0.6 is 0 Å². The summed E-state index contributed by atoms with van der Waals surface area (Å²) in [5, 5.41) is 2.62. The molecule has 0 atom stereocenters. The molecule has 37 heavy (non-hydrogen) atoms. The number of rotatable bonds is 4. The van der Waals surface area contributed by atoms with Gasteiger partial charge < -0.3 is 19.2 Å². The Morgan fingerprint density at radius 1 is 1.00 bits per heavy atom. The summed E-state index contributed by atoms with van der Waals surface area (Å²) in [6.07, 6.45) is 1.15. The number of nitrogens with one attached hydrogen (secondary N) is 1. The molecule has 1 saturated heterocycles. The lowest BCUT2D eigenvalue weighted by atomic mass is 9.77. The average Bonchev–Trinajstić information content (AvgIpc) is 3.03. The smallest absolute Gasteiger partial charge is 0.399 e. The number of anilines is 1. The Bertz CT molecular complexity index is 1530. The molecule has 1 fully saturated rings. The number of benzene rings is 2. The third-order valence-corrected chi connectivity index (χ3v) is 7.17. The zero-order valence-electron chi connectivity index (χ0n) is 21.7. The molecule has 0 radical (unpaired) electrons. The number of aryl methyl sites for hydroxylation is 1. The zero-order valence-corrected chi connectivity index (χ0v) is 21.7. The van der Waals surface area contributed by atoms with Gasteiger partial charge in [0.05, 0.1) is 16.8 Å². The number of amides is 1. The van der Waals surface area contributed by atoms with Crippen LogP contribution < -0.4 is 22.0 Å². The van der Waals surface area contributed by atoms with Gasteiger partial charge in [-0.25, -0.2) is 13.6 Å². The molecule has 4 rings (SSSR count). The number of nitrogens with zero attached hydrogens (tertiary/aromatic N) is 2. The first-order valence-electron chi connectivity index (χ1n) is 11.7. The van der Waals surface area contributed by atoms with Gasteiger partial charge >= 0.3 is 12.8 Å². The second kappa shape index (κ2) is 9.07. The van der Waals surface area contributed by atoms with E-state index in [0.29, 0.717) is 5.56 Å². The third kappa shape index (κ3) is 4.42. The maximum Gasteiger partial charge on any atom is 0.497 e. The lowest BCUT2D eigenvalue weighted by Gasteiger charge is -2.32. The molecule has 8 nitrogen and oxygen atoms in total. The van der Waals surface area contributed by atoms with E-state index in [4.69, 9.17) is 9.31 Å². The van der Waals surface area contributed by atoms with Gasteiger partial charge in [-0.05, 0) is 57.9 Å². The quantitative estimate of drug-likeness (QED) is 0.545. The predicted octanol–water partition coefficient (Wildman–Crippen LogP) is 2.89. The minimum Gasteiger partial charge on any atom is -0.399 e. The van der Waals surface area contributed by atoms with Gasteiger partial charge in [0.1, 0.15) is 17.2 Å². The van der Waals surface area contributed by atoms with Crippen LogP contribution in [0.5, 0.6) is 0 Å².